The molecule has 0 saturated heterocycles. The number of nitrogens with zero attached hydrogens (tertiary/aromatic N) is 1. The number of amides is 1. The van der Waals surface area contributed by atoms with E-state index in [0.717, 1.165) is 24.3 Å². The van der Waals surface area contributed by atoms with E-state index >= 15 is 0 Å². The van der Waals surface area contributed by atoms with E-state index in [-0.39, 0.29) is 11.4 Å². The highest BCUT2D eigenvalue weighted by molar-refractivity contribution is 7.89. The first kappa shape index (κ1) is 16.1. The number of pyridine rings is 1. The maximum absolute atomic E-state index is 12.8. The first-order valence-electron chi connectivity index (χ1n) is 6.39. The van der Waals surface area contributed by atoms with E-state index in [0.29, 0.717) is 5.69 Å². The van der Waals surface area contributed by atoms with Crippen LogP contribution >= 0.6 is 0 Å². The molecular weight excluding hydrogens is 309 g/mol. The molecule has 8 heteroatoms. The van der Waals surface area contributed by atoms with Crippen LogP contribution in [0.25, 0.3) is 0 Å². The van der Waals surface area contributed by atoms with Gasteiger partial charge in [0.25, 0.3) is 0 Å². The summed E-state index contributed by atoms with van der Waals surface area (Å²) in [5.41, 5.74) is 0.664. The van der Waals surface area contributed by atoms with Gasteiger partial charge in [-0.2, -0.15) is 0 Å². The Morgan fingerprint density at radius 1 is 1.14 bits per heavy atom. The zero-order valence-electron chi connectivity index (χ0n) is 11.5. The highest BCUT2D eigenvalue weighted by Crippen LogP contribution is 2.09. The van der Waals surface area contributed by atoms with Crippen molar-refractivity contribution in [2.24, 2.45) is 0 Å². The molecule has 0 aliphatic carbocycles. The fourth-order valence-corrected chi connectivity index (χ4v) is 2.59. The molecule has 6 nitrogen and oxygen atoms in total. The van der Waals surface area contributed by atoms with Gasteiger partial charge in [0.05, 0.1) is 23.7 Å². The fourth-order valence-electron chi connectivity index (χ4n) is 1.61. The van der Waals surface area contributed by atoms with E-state index in [1.807, 2.05) is 0 Å². The SMILES string of the molecule is O=C(CNS(=O)(=O)c1ccc(F)cc1)NCc1ccccn1. The number of halogens is 1. The summed E-state index contributed by atoms with van der Waals surface area (Å²) in [7, 11) is -3.85. The second kappa shape index (κ2) is 7.10. The largest absolute Gasteiger partial charge is 0.349 e. The highest BCUT2D eigenvalue weighted by Gasteiger charge is 2.15. The van der Waals surface area contributed by atoms with E-state index in [2.05, 4.69) is 15.0 Å². The lowest BCUT2D eigenvalue weighted by molar-refractivity contribution is -0.120. The van der Waals surface area contributed by atoms with Gasteiger partial charge in [0, 0.05) is 6.20 Å². The number of hydrogen-bond donors (Lipinski definition) is 2. The average molecular weight is 323 g/mol. The molecule has 0 unspecified atom stereocenters. The van der Waals surface area contributed by atoms with Crippen molar-refractivity contribution in [3.8, 4) is 0 Å². The topological polar surface area (TPSA) is 88.2 Å². The molecule has 2 N–H and O–H groups in total. The molecule has 1 heterocycles. The zero-order chi connectivity index (χ0) is 16.0. The predicted octanol–water partition coefficient (Wildman–Crippen LogP) is 0.815. The van der Waals surface area contributed by atoms with Crippen molar-refractivity contribution in [3.05, 3.63) is 60.2 Å². The van der Waals surface area contributed by atoms with Crippen LogP contribution in [0.2, 0.25) is 0 Å². The van der Waals surface area contributed by atoms with E-state index < -0.39 is 28.3 Å². The maximum Gasteiger partial charge on any atom is 0.241 e. The number of sulfonamides is 1. The minimum atomic E-state index is -3.85. The van der Waals surface area contributed by atoms with Gasteiger partial charge in [-0.05, 0) is 36.4 Å². The number of benzene rings is 1. The maximum atomic E-state index is 12.8. The standard InChI is InChI=1S/C14H14FN3O3S/c15-11-4-6-13(7-5-11)22(20,21)18-10-14(19)17-9-12-3-1-2-8-16-12/h1-8,18H,9-10H2,(H,17,19). The van der Waals surface area contributed by atoms with Crippen molar-refractivity contribution in [2.75, 3.05) is 6.54 Å². The third-order valence-corrected chi connectivity index (χ3v) is 4.16. The van der Waals surface area contributed by atoms with Gasteiger partial charge in [0.15, 0.2) is 0 Å². The van der Waals surface area contributed by atoms with Crippen LogP contribution in [0.1, 0.15) is 5.69 Å². The van der Waals surface area contributed by atoms with Gasteiger partial charge in [-0.25, -0.2) is 17.5 Å². The highest BCUT2D eigenvalue weighted by atomic mass is 32.2. The van der Waals surface area contributed by atoms with Gasteiger partial charge >= 0.3 is 0 Å². The van der Waals surface area contributed by atoms with Crippen LogP contribution in [-0.2, 0) is 21.4 Å². The number of carbonyl (C=O) groups excluding carboxylic acids is 1. The van der Waals surface area contributed by atoms with Gasteiger partial charge in [-0.3, -0.25) is 9.78 Å². The van der Waals surface area contributed by atoms with Crippen LogP contribution in [-0.4, -0.2) is 25.9 Å². The second-order valence-corrected chi connectivity index (χ2v) is 6.14. The molecule has 22 heavy (non-hydrogen) atoms. The van der Waals surface area contributed by atoms with Crippen molar-refractivity contribution in [1.82, 2.24) is 15.0 Å². The normalized spacial score (nSPS) is 11.1. The Morgan fingerprint density at radius 3 is 2.50 bits per heavy atom. The summed E-state index contributed by atoms with van der Waals surface area (Å²) in [5.74, 6) is -1.02. The lowest BCUT2D eigenvalue weighted by Gasteiger charge is -2.07. The third kappa shape index (κ3) is 4.61. The number of carbonyl (C=O) groups is 1. The third-order valence-electron chi connectivity index (χ3n) is 2.74. The predicted molar refractivity (Wildman–Crippen MR) is 77.7 cm³/mol. The van der Waals surface area contributed by atoms with Crippen molar-refractivity contribution < 1.29 is 17.6 Å². The molecule has 2 aromatic rings. The number of hydrogen-bond acceptors (Lipinski definition) is 4. The van der Waals surface area contributed by atoms with Gasteiger partial charge in [-0.15, -0.1) is 0 Å². The van der Waals surface area contributed by atoms with Crippen LogP contribution in [0.3, 0.4) is 0 Å². The summed E-state index contributed by atoms with van der Waals surface area (Å²) < 4.78 is 38.7. The molecule has 0 fully saturated rings. The Kier molecular flexibility index (Phi) is 5.18. The monoisotopic (exact) mass is 323 g/mol. The molecule has 1 aromatic heterocycles. The van der Waals surface area contributed by atoms with E-state index in [1.165, 1.54) is 0 Å². The quantitative estimate of drug-likeness (QED) is 0.824. The summed E-state index contributed by atoms with van der Waals surface area (Å²) >= 11 is 0. The van der Waals surface area contributed by atoms with Crippen LogP contribution in [0.4, 0.5) is 4.39 Å². The molecule has 1 aromatic carbocycles. The minimum Gasteiger partial charge on any atom is -0.349 e. The lowest BCUT2D eigenvalue weighted by atomic mass is 10.3. The molecule has 0 saturated carbocycles. The molecule has 0 aliphatic rings. The smallest absolute Gasteiger partial charge is 0.241 e. The van der Waals surface area contributed by atoms with Crippen LogP contribution in [0, 0.1) is 5.82 Å². The van der Waals surface area contributed by atoms with Crippen molar-refractivity contribution >= 4 is 15.9 Å². The van der Waals surface area contributed by atoms with Gasteiger partial charge in [0.2, 0.25) is 15.9 Å². The molecule has 0 aliphatic heterocycles. The van der Waals surface area contributed by atoms with E-state index in [1.54, 1.807) is 24.4 Å². The molecular formula is C14H14FN3O3S. The van der Waals surface area contributed by atoms with Crippen molar-refractivity contribution in [3.63, 3.8) is 0 Å². The Bertz CT molecular complexity index is 734. The number of rotatable bonds is 6. The Balaban J connectivity index is 1.86. The zero-order valence-corrected chi connectivity index (χ0v) is 12.3. The fraction of sp³-hybridized carbons (Fsp3) is 0.143. The van der Waals surface area contributed by atoms with Crippen molar-refractivity contribution in [2.45, 2.75) is 11.4 Å². The van der Waals surface area contributed by atoms with E-state index in [4.69, 9.17) is 0 Å². The Labute approximate surface area is 127 Å². The van der Waals surface area contributed by atoms with Gasteiger partial charge < -0.3 is 5.32 Å². The molecule has 2 rings (SSSR count). The molecule has 0 spiro atoms. The second-order valence-electron chi connectivity index (χ2n) is 4.38. The van der Waals surface area contributed by atoms with Gasteiger partial charge in [0.1, 0.15) is 5.82 Å². The van der Waals surface area contributed by atoms with Crippen LogP contribution in [0.15, 0.2) is 53.6 Å². The molecule has 1 amide bonds. The summed E-state index contributed by atoms with van der Waals surface area (Å²) in [6.07, 6.45) is 1.60. The molecule has 0 atom stereocenters. The summed E-state index contributed by atoms with van der Waals surface area (Å²) in [6.45, 7) is -0.204. The minimum absolute atomic E-state index is 0.105. The molecule has 116 valence electrons. The Hall–Kier alpha value is -2.32. The summed E-state index contributed by atoms with van der Waals surface area (Å²) in [5, 5.41) is 2.54. The lowest BCUT2D eigenvalue weighted by Crippen LogP contribution is -2.36. The Morgan fingerprint density at radius 2 is 1.86 bits per heavy atom. The summed E-state index contributed by atoms with van der Waals surface area (Å²) in [6, 6.07) is 9.61. The van der Waals surface area contributed by atoms with Gasteiger partial charge in [-0.1, -0.05) is 6.07 Å². The van der Waals surface area contributed by atoms with Crippen LogP contribution in [0.5, 0.6) is 0 Å². The first-order valence-corrected chi connectivity index (χ1v) is 7.87. The van der Waals surface area contributed by atoms with Crippen molar-refractivity contribution in [1.29, 1.82) is 0 Å². The van der Waals surface area contributed by atoms with Crippen LogP contribution < -0.4 is 10.0 Å². The van der Waals surface area contributed by atoms with E-state index in [9.17, 15) is 17.6 Å². The number of nitrogens with one attached hydrogen (secondary N) is 2. The molecule has 0 radical (unpaired) electrons. The summed E-state index contributed by atoms with van der Waals surface area (Å²) in [4.78, 5) is 15.5. The average Bonchev–Trinajstić information content (AvgIpc) is 2.52. The first-order chi connectivity index (χ1) is 10.5. The number of aromatic nitrogens is 1. The molecule has 0 bridgehead atoms.